The Balaban J connectivity index is 2.20. The first-order valence-corrected chi connectivity index (χ1v) is 8.35. The lowest BCUT2D eigenvalue weighted by Crippen LogP contribution is -2.44. The third-order valence-electron chi connectivity index (χ3n) is 3.96. The second kappa shape index (κ2) is 6.22. The van der Waals surface area contributed by atoms with E-state index in [0.717, 1.165) is 12.8 Å². The van der Waals surface area contributed by atoms with Crippen LogP contribution in [0.4, 0.5) is 0 Å². The molecule has 5 nitrogen and oxygen atoms in total. The summed E-state index contributed by atoms with van der Waals surface area (Å²) >= 11 is 0. The molecule has 0 aliphatic carbocycles. The van der Waals surface area contributed by atoms with Crippen LogP contribution in [0.3, 0.4) is 0 Å². The largest absolute Gasteiger partial charge is 0.326 e. The highest BCUT2D eigenvalue weighted by Crippen LogP contribution is 2.24. The van der Waals surface area contributed by atoms with Gasteiger partial charge in [0.2, 0.25) is 10.0 Å². The fraction of sp³-hybridized carbons (Fsp3) is 0.571. The molecule has 0 bridgehead atoms. The van der Waals surface area contributed by atoms with E-state index in [2.05, 4.69) is 4.90 Å². The van der Waals surface area contributed by atoms with Gasteiger partial charge < -0.3 is 10.6 Å². The average molecular weight is 297 g/mol. The fourth-order valence-corrected chi connectivity index (χ4v) is 4.37. The predicted molar refractivity (Wildman–Crippen MR) is 79.8 cm³/mol. The lowest BCUT2D eigenvalue weighted by atomic mass is 10.1. The summed E-state index contributed by atoms with van der Waals surface area (Å²) in [6.07, 6.45) is 1.74. The Morgan fingerprint density at radius 3 is 2.40 bits per heavy atom. The Labute approximate surface area is 121 Å². The SMILES string of the molecule is CN(C)C1CCN(S(=O)(=O)c2ccccc2CN)CC1. The monoisotopic (exact) mass is 297 g/mol. The van der Waals surface area contributed by atoms with Gasteiger partial charge in [-0.05, 0) is 38.6 Å². The van der Waals surface area contributed by atoms with E-state index in [-0.39, 0.29) is 6.54 Å². The van der Waals surface area contributed by atoms with Crippen molar-refractivity contribution in [3.63, 3.8) is 0 Å². The van der Waals surface area contributed by atoms with E-state index < -0.39 is 10.0 Å². The van der Waals surface area contributed by atoms with Gasteiger partial charge in [0, 0.05) is 25.7 Å². The summed E-state index contributed by atoms with van der Waals surface area (Å²) in [6.45, 7) is 1.39. The van der Waals surface area contributed by atoms with Gasteiger partial charge in [-0.2, -0.15) is 4.31 Å². The lowest BCUT2D eigenvalue weighted by Gasteiger charge is -2.34. The number of piperidine rings is 1. The average Bonchev–Trinajstić information content (AvgIpc) is 2.47. The van der Waals surface area contributed by atoms with Crippen LogP contribution in [0.15, 0.2) is 29.2 Å². The van der Waals surface area contributed by atoms with Gasteiger partial charge in [0.1, 0.15) is 0 Å². The van der Waals surface area contributed by atoms with Crippen LogP contribution in [0.1, 0.15) is 18.4 Å². The zero-order chi connectivity index (χ0) is 14.8. The van der Waals surface area contributed by atoms with E-state index in [1.54, 1.807) is 22.5 Å². The third-order valence-corrected chi connectivity index (χ3v) is 5.96. The summed E-state index contributed by atoms with van der Waals surface area (Å²) in [5.41, 5.74) is 6.33. The zero-order valence-corrected chi connectivity index (χ0v) is 12.9. The minimum absolute atomic E-state index is 0.240. The molecule has 1 saturated heterocycles. The van der Waals surface area contributed by atoms with E-state index in [1.807, 2.05) is 20.2 Å². The van der Waals surface area contributed by atoms with Crippen molar-refractivity contribution in [3.05, 3.63) is 29.8 Å². The van der Waals surface area contributed by atoms with Crippen molar-refractivity contribution < 1.29 is 8.42 Å². The maximum atomic E-state index is 12.7. The third kappa shape index (κ3) is 3.03. The molecule has 0 radical (unpaired) electrons. The summed E-state index contributed by atoms with van der Waals surface area (Å²) in [7, 11) is 0.661. The lowest BCUT2D eigenvalue weighted by molar-refractivity contribution is 0.196. The number of benzene rings is 1. The Morgan fingerprint density at radius 2 is 1.85 bits per heavy atom. The number of nitrogens with two attached hydrogens (primary N) is 1. The van der Waals surface area contributed by atoms with Crippen LogP contribution in [0, 0.1) is 0 Å². The van der Waals surface area contributed by atoms with E-state index in [0.29, 0.717) is 29.6 Å². The van der Waals surface area contributed by atoms with Crippen molar-refractivity contribution >= 4 is 10.0 Å². The number of hydrogen-bond acceptors (Lipinski definition) is 4. The molecule has 1 aromatic rings. The molecule has 0 spiro atoms. The minimum Gasteiger partial charge on any atom is -0.326 e. The molecular weight excluding hydrogens is 274 g/mol. The van der Waals surface area contributed by atoms with Gasteiger partial charge in [-0.1, -0.05) is 18.2 Å². The Bertz CT molecular complexity index is 549. The molecule has 1 aromatic carbocycles. The highest BCUT2D eigenvalue weighted by atomic mass is 32.2. The minimum atomic E-state index is -3.42. The van der Waals surface area contributed by atoms with E-state index >= 15 is 0 Å². The van der Waals surface area contributed by atoms with Crippen molar-refractivity contribution in [1.82, 2.24) is 9.21 Å². The highest BCUT2D eigenvalue weighted by Gasteiger charge is 2.31. The molecular formula is C14H23N3O2S. The zero-order valence-electron chi connectivity index (χ0n) is 12.1. The van der Waals surface area contributed by atoms with Crippen LogP contribution in [-0.2, 0) is 16.6 Å². The second-order valence-electron chi connectivity index (χ2n) is 5.41. The van der Waals surface area contributed by atoms with Crippen LogP contribution in [0.2, 0.25) is 0 Å². The maximum absolute atomic E-state index is 12.7. The first-order valence-electron chi connectivity index (χ1n) is 6.91. The van der Waals surface area contributed by atoms with Crippen LogP contribution in [-0.4, -0.2) is 50.8 Å². The van der Waals surface area contributed by atoms with Gasteiger partial charge >= 0.3 is 0 Å². The fourth-order valence-electron chi connectivity index (χ4n) is 2.66. The molecule has 1 aliphatic rings. The van der Waals surface area contributed by atoms with Gasteiger partial charge in [-0.15, -0.1) is 0 Å². The molecule has 0 atom stereocenters. The smallest absolute Gasteiger partial charge is 0.243 e. The van der Waals surface area contributed by atoms with Gasteiger partial charge in [-0.25, -0.2) is 8.42 Å². The van der Waals surface area contributed by atoms with Crippen molar-refractivity contribution in [2.45, 2.75) is 30.3 Å². The molecule has 6 heteroatoms. The van der Waals surface area contributed by atoms with E-state index in [4.69, 9.17) is 5.73 Å². The summed E-state index contributed by atoms with van der Waals surface area (Å²) in [5, 5.41) is 0. The standard InChI is InChI=1S/C14H23N3O2S/c1-16(2)13-7-9-17(10-8-13)20(18,19)14-6-4-3-5-12(14)11-15/h3-6,13H,7-11,15H2,1-2H3. The van der Waals surface area contributed by atoms with E-state index in [9.17, 15) is 8.42 Å². The molecule has 0 amide bonds. The molecule has 0 saturated carbocycles. The van der Waals surface area contributed by atoms with Crippen LogP contribution < -0.4 is 5.73 Å². The molecule has 1 heterocycles. The van der Waals surface area contributed by atoms with Gasteiger partial charge in [0.15, 0.2) is 0 Å². The van der Waals surface area contributed by atoms with Crippen LogP contribution in [0.5, 0.6) is 0 Å². The van der Waals surface area contributed by atoms with Gasteiger partial charge in [0.05, 0.1) is 4.90 Å². The van der Waals surface area contributed by atoms with Crippen LogP contribution >= 0.6 is 0 Å². The van der Waals surface area contributed by atoms with Gasteiger partial charge in [-0.3, -0.25) is 0 Å². The Morgan fingerprint density at radius 1 is 1.25 bits per heavy atom. The number of nitrogens with zero attached hydrogens (tertiary/aromatic N) is 2. The number of rotatable bonds is 4. The Kier molecular flexibility index (Phi) is 4.80. The summed E-state index contributed by atoms with van der Waals surface area (Å²) in [4.78, 5) is 2.52. The maximum Gasteiger partial charge on any atom is 0.243 e. The quantitative estimate of drug-likeness (QED) is 0.895. The van der Waals surface area contributed by atoms with Crippen molar-refractivity contribution in [2.75, 3.05) is 27.2 Å². The first-order chi connectivity index (χ1) is 9.46. The molecule has 112 valence electrons. The molecule has 20 heavy (non-hydrogen) atoms. The van der Waals surface area contributed by atoms with Crippen molar-refractivity contribution in [2.24, 2.45) is 5.73 Å². The van der Waals surface area contributed by atoms with E-state index in [1.165, 1.54) is 0 Å². The summed E-state index contributed by atoms with van der Waals surface area (Å²) in [5.74, 6) is 0. The molecule has 0 unspecified atom stereocenters. The van der Waals surface area contributed by atoms with Gasteiger partial charge in [0.25, 0.3) is 0 Å². The van der Waals surface area contributed by atoms with Crippen LogP contribution in [0.25, 0.3) is 0 Å². The highest BCUT2D eigenvalue weighted by molar-refractivity contribution is 7.89. The molecule has 2 N–H and O–H groups in total. The first kappa shape index (κ1) is 15.4. The summed E-state index contributed by atoms with van der Waals surface area (Å²) < 4.78 is 27.0. The molecule has 2 rings (SSSR count). The Hall–Kier alpha value is -0.950. The predicted octanol–water partition coefficient (Wildman–Crippen LogP) is 0.860. The number of sulfonamides is 1. The normalized spacial score (nSPS) is 18.6. The topological polar surface area (TPSA) is 66.6 Å². The molecule has 1 fully saturated rings. The summed E-state index contributed by atoms with van der Waals surface area (Å²) in [6, 6.07) is 7.46. The second-order valence-corrected chi connectivity index (χ2v) is 7.32. The molecule has 1 aliphatic heterocycles. The van der Waals surface area contributed by atoms with Crippen molar-refractivity contribution in [1.29, 1.82) is 0 Å². The number of hydrogen-bond donors (Lipinski definition) is 1. The molecule has 0 aromatic heterocycles. The van der Waals surface area contributed by atoms with Crippen molar-refractivity contribution in [3.8, 4) is 0 Å².